The van der Waals surface area contributed by atoms with Crippen LogP contribution in [0, 0.1) is 0 Å². The number of hydrogen-bond donors (Lipinski definition) is 0. The van der Waals surface area contributed by atoms with Crippen molar-refractivity contribution < 1.29 is 19.5 Å². The maximum Gasteiger partial charge on any atom is 0 e. The maximum atomic E-state index is 2.12. The van der Waals surface area contributed by atoms with E-state index in [0.29, 0.717) is 0 Å². The SMILES string of the molecule is [Zn].c1ccc2ccccc2c1. The van der Waals surface area contributed by atoms with Gasteiger partial charge in [0.2, 0.25) is 0 Å². The van der Waals surface area contributed by atoms with Gasteiger partial charge in [0.05, 0.1) is 0 Å². The Morgan fingerprint density at radius 3 is 1.09 bits per heavy atom. The normalized spacial score (nSPS) is 9.09. The van der Waals surface area contributed by atoms with Gasteiger partial charge in [0, 0.05) is 19.5 Å². The Labute approximate surface area is 79.0 Å². The largest absolute Gasteiger partial charge is 0.0616 e. The summed E-state index contributed by atoms with van der Waals surface area (Å²) in [4.78, 5) is 0. The number of hydrogen-bond acceptors (Lipinski definition) is 0. The summed E-state index contributed by atoms with van der Waals surface area (Å²) in [5.74, 6) is 0. The fraction of sp³-hybridized carbons (Fsp3) is 0. The summed E-state index contributed by atoms with van der Waals surface area (Å²) in [5, 5.41) is 2.62. The summed E-state index contributed by atoms with van der Waals surface area (Å²) in [5.41, 5.74) is 0. The zero-order valence-corrected chi connectivity index (χ0v) is 9.29. The Morgan fingerprint density at radius 1 is 0.545 bits per heavy atom. The van der Waals surface area contributed by atoms with Gasteiger partial charge in [-0.3, -0.25) is 0 Å². The predicted molar refractivity (Wildman–Crippen MR) is 43.9 cm³/mol. The average molecular weight is 194 g/mol. The quantitative estimate of drug-likeness (QED) is 0.565. The fourth-order valence-electron chi connectivity index (χ4n) is 1.13. The van der Waals surface area contributed by atoms with Crippen molar-refractivity contribution in [1.82, 2.24) is 0 Å². The van der Waals surface area contributed by atoms with Crippen molar-refractivity contribution in [3.05, 3.63) is 48.5 Å². The second-order valence-corrected chi connectivity index (χ2v) is 2.35. The Bertz CT molecular complexity index is 276. The molecular formula is C10H8Zn. The van der Waals surface area contributed by atoms with Crippen molar-refractivity contribution in [3.63, 3.8) is 0 Å². The molecule has 0 bridgehead atoms. The van der Waals surface area contributed by atoms with E-state index in [1.165, 1.54) is 10.8 Å². The molecule has 2 aromatic carbocycles. The van der Waals surface area contributed by atoms with Crippen LogP contribution < -0.4 is 0 Å². The molecule has 0 saturated carbocycles. The molecule has 2 rings (SSSR count). The molecule has 0 fully saturated rings. The van der Waals surface area contributed by atoms with Gasteiger partial charge in [-0.2, -0.15) is 0 Å². The van der Waals surface area contributed by atoms with Crippen LogP contribution in [0.5, 0.6) is 0 Å². The molecule has 0 heterocycles. The molecule has 0 aliphatic heterocycles. The molecule has 0 atom stereocenters. The molecule has 0 spiro atoms. The monoisotopic (exact) mass is 192 g/mol. The summed E-state index contributed by atoms with van der Waals surface area (Å²) >= 11 is 0. The topological polar surface area (TPSA) is 0 Å². The van der Waals surface area contributed by atoms with Crippen LogP contribution in [-0.2, 0) is 19.5 Å². The van der Waals surface area contributed by atoms with Gasteiger partial charge in [-0.15, -0.1) is 0 Å². The molecule has 2 aromatic rings. The van der Waals surface area contributed by atoms with Crippen LogP contribution in [0.3, 0.4) is 0 Å². The number of rotatable bonds is 0. The van der Waals surface area contributed by atoms with Gasteiger partial charge in [-0.25, -0.2) is 0 Å². The zero-order valence-electron chi connectivity index (χ0n) is 6.33. The molecule has 0 saturated heterocycles. The van der Waals surface area contributed by atoms with Gasteiger partial charge in [-0.05, 0) is 10.8 Å². The smallest absolute Gasteiger partial charge is 0 e. The summed E-state index contributed by atoms with van der Waals surface area (Å²) in [6, 6.07) is 16.7. The van der Waals surface area contributed by atoms with Crippen LogP contribution in [0.2, 0.25) is 0 Å². The zero-order chi connectivity index (χ0) is 6.81. The second kappa shape index (κ2) is 3.64. The van der Waals surface area contributed by atoms with Crippen LogP contribution >= 0.6 is 0 Å². The fourth-order valence-corrected chi connectivity index (χ4v) is 1.13. The first-order valence-corrected chi connectivity index (χ1v) is 3.40. The van der Waals surface area contributed by atoms with Crippen molar-refractivity contribution in [1.29, 1.82) is 0 Å². The van der Waals surface area contributed by atoms with Crippen LogP contribution in [0.25, 0.3) is 10.8 Å². The summed E-state index contributed by atoms with van der Waals surface area (Å²) in [6.07, 6.45) is 0. The van der Waals surface area contributed by atoms with E-state index in [1.807, 2.05) is 0 Å². The van der Waals surface area contributed by atoms with E-state index in [-0.39, 0.29) is 19.5 Å². The van der Waals surface area contributed by atoms with Crippen LogP contribution in [0.4, 0.5) is 0 Å². The standard InChI is InChI=1S/C10H8.Zn/c1-2-6-10-8-4-3-7-9(10)5-1;/h1-8H;. The van der Waals surface area contributed by atoms with Crippen molar-refractivity contribution in [2.75, 3.05) is 0 Å². The van der Waals surface area contributed by atoms with Gasteiger partial charge >= 0.3 is 0 Å². The molecule has 0 unspecified atom stereocenters. The molecule has 0 aliphatic rings. The minimum Gasteiger partial charge on any atom is -0.0616 e. The third kappa shape index (κ3) is 1.67. The van der Waals surface area contributed by atoms with E-state index >= 15 is 0 Å². The first-order valence-electron chi connectivity index (χ1n) is 3.40. The maximum absolute atomic E-state index is 2.12. The van der Waals surface area contributed by atoms with Gasteiger partial charge in [-0.1, -0.05) is 48.5 Å². The third-order valence-electron chi connectivity index (χ3n) is 1.66. The third-order valence-corrected chi connectivity index (χ3v) is 1.66. The molecule has 0 N–H and O–H groups in total. The van der Waals surface area contributed by atoms with E-state index in [2.05, 4.69) is 48.5 Å². The second-order valence-electron chi connectivity index (χ2n) is 2.35. The van der Waals surface area contributed by atoms with Gasteiger partial charge in [0.25, 0.3) is 0 Å². The Balaban J connectivity index is 0.000000605. The average Bonchev–Trinajstić information content (AvgIpc) is 2.05. The van der Waals surface area contributed by atoms with Gasteiger partial charge in [0.15, 0.2) is 0 Å². The summed E-state index contributed by atoms with van der Waals surface area (Å²) in [7, 11) is 0. The number of benzene rings is 2. The molecule has 0 nitrogen and oxygen atoms in total. The molecule has 0 radical (unpaired) electrons. The van der Waals surface area contributed by atoms with Gasteiger partial charge < -0.3 is 0 Å². The molecule has 11 heavy (non-hydrogen) atoms. The molecule has 50 valence electrons. The van der Waals surface area contributed by atoms with E-state index in [9.17, 15) is 0 Å². The van der Waals surface area contributed by atoms with Crippen molar-refractivity contribution in [2.45, 2.75) is 0 Å². The molecule has 0 aliphatic carbocycles. The van der Waals surface area contributed by atoms with E-state index < -0.39 is 0 Å². The van der Waals surface area contributed by atoms with Crippen LogP contribution in [-0.4, -0.2) is 0 Å². The molecule has 0 amide bonds. The van der Waals surface area contributed by atoms with Gasteiger partial charge in [0.1, 0.15) is 0 Å². The molecular weight excluding hydrogens is 185 g/mol. The minimum atomic E-state index is 0. The van der Waals surface area contributed by atoms with Crippen molar-refractivity contribution in [3.8, 4) is 0 Å². The minimum absolute atomic E-state index is 0. The molecule has 1 heteroatoms. The number of fused-ring (bicyclic) bond motifs is 1. The van der Waals surface area contributed by atoms with Crippen LogP contribution in [0.15, 0.2) is 48.5 Å². The first kappa shape index (κ1) is 8.42. The van der Waals surface area contributed by atoms with Crippen molar-refractivity contribution in [2.24, 2.45) is 0 Å². The van der Waals surface area contributed by atoms with Crippen molar-refractivity contribution >= 4 is 10.8 Å². The Morgan fingerprint density at radius 2 is 0.818 bits per heavy atom. The van der Waals surface area contributed by atoms with Crippen LogP contribution in [0.1, 0.15) is 0 Å². The Hall–Kier alpha value is -0.677. The summed E-state index contributed by atoms with van der Waals surface area (Å²) in [6.45, 7) is 0. The van der Waals surface area contributed by atoms with E-state index in [1.54, 1.807) is 0 Å². The van der Waals surface area contributed by atoms with E-state index in [4.69, 9.17) is 0 Å². The first-order chi connectivity index (χ1) is 4.97. The van der Waals surface area contributed by atoms with E-state index in [0.717, 1.165) is 0 Å². The Kier molecular flexibility index (Phi) is 2.79. The summed E-state index contributed by atoms with van der Waals surface area (Å²) < 4.78 is 0. The molecule has 0 aromatic heterocycles. The predicted octanol–water partition coefficient (Wildman–Crippen LogP) is 2.84.